The van der Waals surface area contributed by atoms with E-state index in [-0.39, 0.29) is 13.6 Å². The van der Waals surface area contributed by atoms with E-state index in [0.717, 1.165) is 38.9 Å². The first-order chi connectivity index (χ1) is 12.3. The highest BCUT2D eigenvalue weighted by Crippen LogP contribution is 2.48. The third kappa shape index (κ3) is 1.69. The Labute approximate surface area is 142 Å². The molecule has 1 N–H and O–H groups in total. The second-order valence-electron chi connectivity index (χ2n) is 6.36. The van der Waals surface area contributed by atoms with Crippen LogP contribution < -0.4 is 18.9 Å². The second kappa shape index (κ2) is 4.55. The maximum absolute atomic E-state index is 10.8. The molecule has 3 aliphatic rings. The van der Waals surface area contributed by atoms with Gasteiger partial charge in [0.25, 0.3) is 0 Å². The molecule has 0 fully saturated rings. The molecule has 3 heterocycles. The Morgan fingerprint density at radius 2 is 1.72 bits per heavy atom. The van der Waals surface area contributed by atoms with E-state index in [1.165, 1.54) is 0 Å². The van der Waals surface area contributed by atoms with Gasteiger partial charge in [-0.15, -0.1) is 0 Å². The van der Waals surface area contributed by atoms with Gasteiger partial charge in [-0.2, -0.15) is 0 Å². The number of aromatic nitrogens is 1. The number of ether oxygens (including phenoxy) is 4. The average Bonchev–Trinajstić information content (AvgIpc) is 3.28. The third-order valence-corrected chi connectivity index (χ3v) is 5.05. The van der Waals surface area contributed by atoms with E-state index >= 15 is 0 Å². The van der Waals surface area contributed by atoms with Crippen molar-refractivity contribution >= 4 is 10.8 Å². The Morgan fingerprint density at radius 1 is 0.920 bits per heavy atom. The van der Waals surface area contributed by atoms with Gasteiger partial charge in [-0.3, -0.25) is 4.98 Å². The number of aliphatic hydroxyl groups excluding tert-OH is 1. The molecule has 3 aromatic rings. The molecule has 6 nitrogen and oxygen atoms in total. The minimum absolute atomic E-state index is 0.209. The van der Waals surface area contributed by atoms with Gasteiger partial charge < -0.3 is 24.1 Å². The lowest BCUT2D eigenvalue weighted by atomic mass is 9.84. The number of fused-ring (bicyclic) bond motifs is 8. The first kappa shape index (κ1) is 13.3. The van der Waals surface area contributed by atoms with Crippen molar-refractivity contribution in [3.8, 4) is 34.3 Å². The van der Waals surface area contributed by atoms with Crippen LogP contribution in [0.25, 0.3) is 22.0 Å². The minimum atomic E-state index is -0.639. The van der Waals surface area contributed by atoms with Crippen LogP contribution in [0.15, 0.2) is 30.5 Å². The highest BCUT2D eigenvalue weighted by atomic mass is 16.7. The molecule has 6 heteroatoms. The minimum Gasteiger partial charge on any atom is -0.454 e. The van der Waals surface area contributed by atoms with Gasteiger partial charge in [0.15, 0.2) is 23.0 Å². The monoisotopic (exact) mass is 335 g/mol. The van der Waals surface area contributed by atoms with Crippen molar-refractivity contribution in [2.75, 3.05) is 13.6 Å². The SMILES string of the molecule is O[C@@H]1Cc2cc3c(cc2-c2ncc4c5c(ccc4c21)OCO5)OCO3. The van der Waals surface area contributed by atoms with Gasteiger partial charge >= 0.3 is 0 Å². The van der Waals surface area contributed by atoms with E-state index in [1.54, 1.807) is 6.20 Å². The molecule has 2 aliphatic heterocycles. The number of rotatable bonds is 0. The number of nitrogens with zero attached hydrogens (tertiary/aromatic N) is 1. The Balaban J connectivity index is 1.66. The Morgan fingerprint density at radius 3 is 2.64 bits per heavy atom. The van der Waals surface area contributed by atoms with Crippen molar-refractivity contribution in [1.29, 1.82) is 0 Å². The predicted octanol–water partition coefficient (Wildman–Crippen LogP) is 2.95. The zero-order chi connectivity index (χ0) is 16.5. The number of aliphatic hydroxyl groups is 1. The summed E-state index contributed by atoms with van der Waals surface area (Å²) >= 11 is 0. The Bertz CT molecular complexity index is 1060. The van der Waals surface area contributed by atoms with Crippen LogP contribution in [-0.4, -0.2) is 23.7 Å². The standard InChI is InChI=1S/C19H13NO5/c21-13-3-9-4-15-16(24-7-23-15)5-11(9)18-17(13)10-1-2-14-19(25-8-22-14)12(10)6-20-18/h1-2,4-6,13,21H,3,7-8H2/t13-/m1/s1. The lowest BCUT2D eigenvalue weighted by Gasteiger charge is -2.25. The largest absolute Gasteiger partial charge is 0.454 e. The Kier molecular flexibility index (Phi) is 2.42. The highest BCUT2D eigenvalue weighted by Gasteiger charge is 2.30. The summed E-state index contributed by atoms with van der Waals surface area (Å²) < 4.78 is 22.0. The average molecular weight is 335 g/mol. The zero-order valence-electron chi connectivity index (χ0n) is 13.1. The molecule has 0 bridgehead atoms. The van der Waals surface area contributed by atoms with Crippen molar-refractivity contribution in [3.05, 3.63) is 41.6 Å². The summed E-state index contributed by atoms with van der Waals surface area (Å²) in [5.74, 6) is 2.84. The Hall–Kier alpha value is -2.99. The van der Waals surface area contributed by atoms with Crippen molar-refractivity contribution < 1.29 is 24.1 Å². The molecule has 0 unspecified atom stereocenters. The van der Waals surface area contributed by atoms with E-state index < -0.39 is 6.10 Å². The lowest BCUT2D eigenvalue weighted by Crippen LogP contribution is -2.12. The first-order valence-corrected chi connectivity index (χ1v) is 8.12. The summed E-state index contributed by atoms with van der Waals surface area (Å²) in [6.45, 7) is 0.433. The molecule has 1 atom stereocenters. The second-order valence-corrected chi connectivity index (χ2v) is 6.36. The molecule has 1 aliphatic carbocycles. The molecule has 0 spiro atoms. The zero-order valence-corrected chi connectivity index (χ0v) is 13.1. The van der Waals surface area contributed by atoms with E-state index in [0.29, 0.717) is 23.7 Å². The van der Waals surface area contributed by atoms with Gasteiger partial charge in [0.05, 0.1) is 11.8 Å². The summed E-state index contributed by atoms with van der Waals surface area (Å²) in [5.41, 5.74) is 3.58. The maximum Gasteiger partial charge on any atom is 0.231 e. The molecule has 0 saturated heterocycles. The first-order valence-electron chi connectivity index (χ1n) is 8.12. The van der Waals surface area contributed by atoms with E-state index in [9.17, 15) is 5.11 Å². The van der Waals surface area contributed by atoms with Gasteiger partial charge in [-0.25, -0.2) is 0 Å². The van der Waals surface area contributed by atoms with Crippen molar-refractivity contribution in [2.24, 2.45) is 0 Å². The number of benzene rings is 2. The fourth-order valence-electron chi connectivity index (χ4n) is 3.92. The third-order valence-electron chi connectivity index (χ3n) is 5.05. The van der Waals surface area contributed by atoms with Crippen LogP contribution >= 0.6 is 0 Å². The van der Waals surface area contributed by atoms with E-state index in [1.807, 2.05) is 24.3 Å². The van der Waals surface area contributed by atoms with Crippen molar-refractivity contribution in [2.45, 2.75) is 12.5 Å². The summed E-state index contributed by atoms with van der Waals surface area (Å²) in [4.78, 5) is 4.65. The normalized spacial score (nSPS) is 19.0. The molecular weight excluding hydrogens is 322 g/mol. The smallest absolute Gasteiger partial charge is 0.231 e. The predicted molar refractivity (Wildman–Crippen MR) is 88.1 cm³/mol. The summed E-state index contributed by atoms with van der Waals surface area (Å²) in [5, 5.41) is 12.6. The van der Waals surface area contributed by atoms with Crippen LogP contribution in [0.4, 0.5) is 0 Å². The van der Waals surface area contributed by atoms with Gasteiger partial charge in [-0.1, -0.05) is 0 Å². The van der Waals surface area contributed by atoms with Gasteiger partial charge in [0, 0.05) is 29.1 Å². The molecule has 0 amide bonds. The number of pyridine rings is 1. The van der Waals surface area contributed by atoms with Gasteiger partial charge in [-0.05, 0) is 35.2 Å². The fourth-order valence-corrected chi connectivity index (χ4v) is 3.92. The van der Waals surface area contributed by atoms with Gasteiger partial charge in [0.2, 0.25) is 13.6 Å². The highest BCUT2D eigenvalue weighted by molar-refractivity contribution is 5.97. The van der Waals surface area contributed by atoms with E-state index in [4.69, 9.17) is 18.9 Å². The molecule has 124 valence electrons. The van der Waals surface area contributed by atoms with Crippen LogP contribution in [-0.2, 0) is 6.42 Å². The number of hydrogen-bond donors (Lipinski definition) is 1. The van der Waals surface area contributed by atoms with Crippen molar-refractivity contribution in [3.63, 3.8) is 0 Å². The summed E-state index contributed by atoms with van der Waals surface area (Å²) in [6, 6.07) is 7.74. The molecule has 25 heavy (non-hydrogen) atoms. The van der Waals surface area contributed by atoms with Gasteiger partial charge in [0.1, 0.15) is 0 Å². The van der Waals surface area contributed by atoms with Crippen LogP contribution in [0.2, 0.25) is 0 Å². The summed E-state index contributed by atoms with van der Waals surface area (Å²) in [6.07, 6.45) is 1.65. The topological polar surface area (TPSA) is 70.0 Å². The molecule has 1 aromatic heterocycles. The maximum atomic E-state index is 10.8. The quantitative estimate of drug-likeness (QED) is 0.681. The molecule has 0 radical (unpaired) electrons. The van der Waals surface area contributed by atoms with Crippen molar-refractivity contribution in [1.82, 2.24) is 4.98 Å². The molecular formula is C19H13NO5. The van der Waals surface area contributed by atoms with Crippen LogP contribution in [0.3, 0.4) is 0 Å². The number of hydrogen-bond acceptors (Lipinski definition) is 6. The van der Waals surface area contributed by atoms with Crippen LogP contribution in [0.5, 0.6) is 23.0 Å². The lowest BCUT2D eigenvalue weighted by molar-refractivity contribution is 0.173. The fraction of sp³-hybridized carbons (Fsp3) is 0.211. The van der Waals surface area contributed by atoms with Crippen LogP contribution in [0, 0.1) is 0 Å². The molecule has 2 aromatic carbocycles. The summed E-state index contributed by atoms with van der Waals surface area (Å²) in [7, 11) is 0. The van der Waals surface area contributed by atoms with Crippen LogP contribution in [0.1, 0.15) is 17.2 Å². The van der Waals surface area contributed by atoms with E-state index in [2.05, 4.69) is 4.98 Å². The molecule has 0 saturated carbocycles. The molecule has 6 rings (SSSR count).